The van der Waals surface area contributed by atoms with Crippen LogP contribution in [0.4, 0.5) is 4.79 Å². The zero-order chi connectivity index (χ0) is 16.6. The molecule has 0 aliphatic rings. The number of carbonyl (C=O) groups excluding carboxylic acids is 1. The number of ether oxygens (including phenoxy) is 2. The standard InChI is InChI=1S/C15H24N2O4S/c1-15(19,10-22-4)9-17-14(18)16-8-11-5-6-12(20-2)13(7-11)21-3/h5-7,19H,8-10H2,1-4H3,(H2,16,17,18)/t15-/m0/s1. The maximum absolute atomic E-state index is 11.7. The van der Waals surface area contributed by atoms with Crippen molar-refractivity contribution >= 4 is 17.8 Å². The first-order chi connectivity index (χ1) is 10.4. The number of aliphatic hydroxyl groups is 1. The molecule has 0 heterocycles. The lowest BCUT2D eigenvalue weighted by atomic mass is 10.1. The van der Waals surface area contributed by atoms with Gasteiger partial charge in [0.25, 0.3) is 0 Å². The molecule has 22 heavy (non-hydrogen) atoms. The van der Waals surface area contributed by atoms with Crippen molar-refractivity contribution in [3.8, 4) is 11.5 Å². The van der Waals surface area contributed by atoms with Crippen molar-refractivity contribution < 1.29 is 19.4 Å². The van der Waals surface area contributed by atoms with Gasteiger partial charge >= 0.3 is 6.03 Å². The second kappa shape index (κ2) is 8.75. The molecule has 7 heteroatoms. The van der Waals surface area contributed by atoms with Gasteiger partial charge in [-0.1, -0.05) is 6.07 Å². The van der Waals surface area contributed by atoms with Crippen LogP contribution in [0.1, 0.15) is 12.5 Å². The molecule has 1 aromatic carbocycles. The highest BCUT2D eigenvalue weighted by molar-refractivity contribution is 7.98. The third-order valence-electron chi connectivity index (χ3n) is 2.99. The number of hydrogen-bond acceptors (Lipinski definition) is 5. The summed E-state index contributed by atoms with van der Waals surface area (Å²) in [5.41, 5.74) is -0.0243. The Morgan fingerprint density at radius 3 is 2.55 bits per heavy atom. The normalized spacial score (nSPS) is 13.1. The fourth-order valence-corrected chi connectivity index (χ4v) is 2.59. The van der Waals surface area contributed by atoms with E-state index in [4.69, 9.17) is 9.47 Å². The Morgan fingerprint density at radius 2 is 1.95 bits per heavy atom. The molecule has 6 nitrogen and oxygen atoms in total. The van der Waals surface area contributed by atoms with Gasteiger partial charge in [0.1, 0.15) is 0 Å². The van der Waals surface area contributed by atoms with Crippen molar-refractivity contribution in [1.29, 1.82) is 0 Å². The van der Waals surface area contributed by atoms with Gasteiger partial charge in [0.05, 0.1) is 19.8 Å². The summed E-state index contributed by atoms with van der Waals surface area (Å²) in [4.78, 5) is 11.7. The molecule has 1 rings (SSSR count). The molecule has 0 aliphatic carbocycles. The summed E-state index contributed by atoms with van der Waals surface area (Å²) in [5, 5.41) is 15.4. The van der Waals surface area contributed by atoms with E-state index in [2.05, 4.69) is 10.6 Å². The fraction of sp³-hybridized carbons (Fsp3) is 0.533. The van der Waals surface area contributed by atoms with Crippen molar-refractivity contribution in [2.75, 3.05) is 32.8 Å². The van der Waals surface area contributed by atoms with Crippen LogP contribution in [0.15, 0.2) is 18.2 Å². The molecular weight excluding hydrogens is 304 g/mol. The van der Waals surface area contributed by atoms with Gasteiger partial charge in [-0.25, -0.2) is 4.79 Å². The molecule has 3 N–H and O–H groups in total. The highest BCUT2D eigenvalue weighted by Crippen LogP contribution is 2.27. The molecule has 124 valence electrons. The Balaban J connectivity index is 2.47. The maximum Gasteiger partial charge on any atom is 0.315 e. The third kappa shape index (κ3) is 6.03. The number of urea groups is 1. The monoisotopic (exact) mass is 328 g/mol. The van der Waals surface area contributed by atoms with E-state index in [0.29, 0.717) is 23.8 Å². The molecule has 0 radical (unpaired) electrons. The largest absolute Gasteiger partial charge is 0.493 e. The summed E-state index contributed by atoms with van der Waals surface area (Å²) in [6, 6.07) is 5.13. The van der Waals surface area contributed by atoms with Crippen LogP contribution in [0, 0.1) is 0 Å². The van der Waals surface area contributed by atoms with E-state index in [1.807, 2.05) is 18.4 Å². The summed E-state index contributed by atoms with van der Waals surface area (Å²) in [5.74, 6) is 1.82. The summed E-state index contributed by atoms with van der Waals surface area (Å²) >= 11 is 1.53. The van der Waals surface area contributed by atoms with Crippen molar-refractivity contribution in [2.24, 2.45) is 0 Å². The van der Waals surface area contributed by atoms with Crippen LogP contribution in [-0.4, -0.2) is 49.5 Å². The highest BCUT2D eigenvalue weighted by Gasteiger charge is 2.20. The lowest BCUT2D eigenvalue weighted by Gasteiger charge is -2.22. The van der Waals surface area contributed by atoms with Crippen LogP contribution in [-0.2, 0) is 6.54 Å². The number of methoxy groups -OCH3 is 2. The number of nitrogens with one attached hydrogen (secondary N) is 2. The van der Waals surface area contributed by atoms with Gasteiger partial charge in [0.2, 0.25) is 0 Å². The minimum Gasteiger partial charge on any atom is -0.493 e. The molecule has 1 aromatic rings. The Labute approximate surface area is 135 Å². The first-order valence-electron chi connectivity index (χ1n) is 6.86. The molecular formula is C15H24N2O4S. The number of thioether (sulfide) groups is 1. The molecule has 0 bridgehead atoms. The van der Waals surface area contributed by atoms with Gasteiger partial charge in [-0.15, -0.1) is 0 Å². The average molecular weight is 328 g/mol. The van der Waals surface area contributed by atoms with Gasteiger partial charge in [-0.05, 0) is 30.9 Å². The van der Waals surface area contributed by atoms with Gasteiger partial charge in [-0.3, -0.25) is 0 Å². The summed E-state index contributed by atoms with van der Waals surface area (Å²) in [7, 11) is 3.14. The zero-order valence-electron chi connectivity index (χ0n) is 13.4. The van der Waals surface area contributed by atoms with Gasteiger partial charge in [-0.2, -0.15) is 11.8 Å². The van der Waals surface area contributed by atoms with Gasteiger partial charge in [0.15, 0.2) is 11.5 Å². The molecule has 0 saturated carbocycles. The molecule has 1 atom stereocenters. The predicted molar refractivity (Wildman–Crippen MR) is 88.8 cm³/mol. The number of hydrogen-bond donors (Lipinski definition) is 3. The van der Waals surface area contributed by atoms with Crippen LogP contribution in [0.3, 0.4) is 0 Å². The molecule has 0 unspecified atom stereocenters. The van der Waals surface area contributed by atoms with E-state index in [9.17, 15) is 9.90 Å². The van der Waals surface area contributed by atoms with Crippen LogP contribution in [0.2, 0.25) is 0 Å². The van der Waals surface area contributed by atoms with Gasteiger partial charge < -0.3 is 25.2 Å². The van der Waals surface area contributed by atoms with Crippen molar-refractivity contribution in [3.05, 3.63) is 23.8 Å². The van der Waals surface area contributed by atoms with E-state index in [0.717, 1.165) is 5.56 Å². The van der Waals surface area contributed by atoms with E-state index in [-0.39, 0.29) is 12.6 Å². The molecule has 2 amide bonds. The number of rotatable bonds is 8. The SMILES string of the molecule is COc1ccc(CNC(=O)NC[C@](C)(O)CSC)cc1OC. The van der Waals surface area contributed by atoms with Crippen molar-refractivity contribution in [2.45, 2.75) is 19.1 Å². The summed E-state index contributed by atoms with van der Waals surface area (Å²) in [6.07, 6.45) is 1.91. The lowest BCUT2D eigenvalue weighted by molar-refractivity contribution is 0.0869. The third-order valence-corrected chi connectivity index (χ3v) is 3.90. The van der Waals surface area contributed by atoms with Crippen molar-refractivity contribution in [3.63, 3.8) is 0 Å². The predicted octanol–water partition coefficient (Wildman–Crippen LogP) is 1.62. The van der Waals surface area contributed by atoms with Crippen molar-refractivity contribution in [1.82, 2.24) is 10.6 Å². The first-order valence-corrected chi connectivity index (χ1v) is 8.25. The molecule has 0 saturated heterocycles. The second-order valence-electron chi connectivity index (χ2n) is 5.16. The van der Waals surface area contributed by atoms with Gasteiger partial charge in [0, 0.05) is 18.8 Å². The van der Waals surface area contributed by atoms with Crippen LogP contribution in [0.5, 0.6) is 11.5 Å². The van der Waals surface area contributed by atoms with Crippen LogP contribution < -0.4 is 20.1 Å². The van der Waals surface area contributed by atoms with E-state index >= 15 is 0 Å². The number of amides is 2. The molecule has 0 aromatic heterocycles. The minimum atomic E-state index is -0.917. The molecule has 0 aliphatic heterocycles. The van der Waals surface area contributed by atoms with Crippen LogP contribution in [0.25, 0.3) is 0 Å². The van der Waals surface area contributed by atoms with E-state index in [1.165, 1.54) is 11.8 Å². The second-order valence-corrected chi connectivity index (χ2v) is 6.02. The maximum atomic E-state index is 11.7. The number of benzene rings is 1. The Bertz CT molecular complexity index is 494. The minimum absolute atomic E-state index is 0.200. The molecule has 0 spiro atoms. The Kier molecular flexibility index (Phi) is 7.34. The Hall–Kier alpha value is -1.60. The average Bonchev–Trinajstić information content (AvgIpc) is 2.50. The van der Waals surface area contributed by atoms with E-state index in [1.54, 1.807) is 27.2 Å². The summed E-state index contributed by atoms with van der Waals surface area (Å²) < 4.78 is 10.4. The Morgan fingerprint density at radius 1 is 1.27 bits per heavy atom. The quantitative estimate of drug-likeness (QED) is 0.676. The topological polar surface area (TPSA) is 79.8 Å². The first kappa shape index (κ1) is 18.4. The van der Waals surface area contributed by atoms with E-state index < -0.39 is 5.60 Å². The smallest absolute Gasteiger partial charge is 0.315 e. The molecule has 0 fully saturated rings. The zero-order valence-corrected chi connectivity index (χ0v) is 14.3. The van der Waals surface area contributed by atoms with Crippen LogP contribution >= 0.6 is 11.8 Å². The highest BCUT2D eigenvalue weighted by atomic mass is 32.2. The lowest BCUT2D eigenvalue weighted by Crippen LogP contribution is -2.45. The summed E-state index contributed by atoms with van der Waals surface area (Å²) in [6.45, 7) is 2.25. The fourth-order valence-electron chi connectivity index (χ4n) is 1.87. The number of carbonyl (C=O) groups is 1.